The van der Waals surface area contributed by atoms with Gasteiger partial charge in [-0.2, -0.15) is 9.57 Å². The topological polar surface area (TPSA) is 126 Å². The first kappa shape index (κ1) is 27.6. The predicted octanol–water partition coefficient (Wildman–Crippen LogP) is 3.15. The third-order valence-corrected chi connectivity index (χ3v) is 8.38. The number of hydrogen-bond acceptors (Lipinski definition) is 8. The number of amides is 2. The van der Waals surface area contributed by atoms with E-state index in [1.54, 1.807) is 18.2 Å². The van der Waals surface area contributed by atoms with Crippen LogP contribution in [0, 0.1) is 11.3 Å². The maximum atomic E-state index is 13.9. The number of nitriles is 1. The molecule has 202 valence electrons. The zero-order chi connectivity index (χ0) is 28.2. The third kappa shape index (κ3) is 5.57. The van der Waals surface area contributed by atoms with Crippen molar-refractivity contribution in [3.05, 3.63) is 77.9 Å². The van der Waals surface area contributed by atoms with Gasteiger partial charge in [-0.25, -0.2) is 13.3 Å². The van der Waals surface area contributed by atoms with E-state index in [1.807, 2.05) is 6.07 Å². The van der Waals surface area contributed by atoms with Crippen molar-refractivity contribution < 1.29 is 32.2 Å². The van der Waals surface area contributed by atoms with E-state index in [-0.39, 0.29) is 30.0 Å². The Morgan fingerprint density at radius 1 is 0.923 bits per heavy atom. The second-order valence-corrected chi connectivity index (χ2v) is 10.6. The summed E-state index contributed by atoms with van der Waals surface area (Å²) >= 11 is 0. The van der Waals surface area contributed by atoms with Crippen LogP contribution in [0.2, 0.25) is 0 Å². The summed E-state index contributed by atoms with van der Waals surface area (Å²) in [7, 11) is 0.289. The summed E-state index contributed by atoms with van der Waals surface area (Å²) in [6, 6.07) is 17.8. The van der Waals surface area contributed by atoms with Crippen LogP contribution in [0.25, 0.3) is 0 Å². The van der Waals surface area contributed by atoms with Crippen LogP contribution < -0.4 is 19.1 Å². The lowest BCUT2D eigenvalue weighted by atomic mass is 10.1. The van der Waals surface area contributed by atoms with Crippen molar-refractivity contribution >= 4 is 27.5 Å². The fourth-order valence-corrected chi connectivity index (χ4v) is 5.98. The van der Waals surface area contributed by atoms with Crippen molar-refractivity contribution in [3.63, 3.8) is 0 Å². The van der Waals surface area contributed by atoms with Crippen molar-refractivity contribution in [1.29, 1.82) is 5.26 Å². The highest BCUT2D eigenvalue weighted by Gasteiger charge is 2.46. The number of methoxy groups -OCH3 is 3. The minimum Gasteiger partial charge on any atom is -0.497 e. The molecule has 0 radical (unpaired) electrons. The molecule has 0 saturated carbocycles. The van der Waals surface area contributed by atoms with Gasteiger partial charge in [-0.1, -0.05) is 6.07 Å². The van der Waals surface area contributed by atoms with E-state index < -0.39 is 27.9 Å². The van der Waals surface area contributed by atoms with Gasteiger partial charge in [0.05, 0.1) is 50.0 Å². The molecule has 1 aliphatic heterocycles. The fourth-order valence-electron chi connectivity index (χ4n) is 4.40. The zero-order valence-electron chi connectivity index (χ0n) is 21.7. The van der Waals surface area contributed by atoms with Crippen LogP contribution in [0.1, 0.15) is 17.5 Å². The molecule has 2 amide bonds. The first-order chi connectivity index (χ1) is 18.7. The van der Waals surface area contributed by atoms with Gasteiger partial charge in [-0.05, 0) is 72.6 Å². The molecule has 11 heteroatoms. The van der Waals surface area contributed by atoms with Crippen LogP contribution in [-0.2, 0) is 26.0 Å². The standard InChI is InChI=1S/C28H27N3O7S/c1-36-22-9-11-23(12-10-22)39(34,35)30(15-14-19-6-13-25(37-2)26(16-19)38-3)24-17-27(32)31(28(24)33)21-7-4-20(18-29)5-8-21/h4-13,16,24H,14-15,17H2,1-3H3. The number of hydrogen-bond donors (Lipinski definition) is 0. The maximum Gasteiger partial charge on any atom is 0.252 e. The van der Waals surface area contributed by atoms with Gasteiger partial charge in [-0.3, -0.25) is 9.59 Å². The summed E-state index contributed by atoms with van der Waals surface area (Å²) in [6.07, 6.45) is -0.0786. The number of benzene rings is 3. The highest BCUT2D eigenvalue weighted by molar-refractivity contribution is 7.89. The van der Waals surface area contributed by atoms with Crippen LogP contribution in [0.15, 0.2) is 71.6 Å². The number of anilines is 1. The van der Waals surface area contributed by atoms with Gasteiger partial charge >= 0.3 is 0 Å². The van der Waals surface area contributed by atoms with Gasteiger partial charge in [-0.15, -0.1) is 0 Å². The summed E-state index contributed by atoms with van der Waals surface area (Å²) in [6.45, 7) is -0.0747. The Labute approximate surface area is 227 Å². The van der Waals surface area contributed by atoms with E-state index in [0.717, 1.165) is 14.8 Å². The minimum atomic E-state index is -4.20. The Kier molecular flexibility index (Phi) is 8.18. The van der Waals surface area contributed by atoms with Crippen molar-refractivity contribution in [2.75, 3.05) is 32.8 Å². The minimum absolute atomic E-state index is 0.0346. The SMILES string of the molecule is COc1ccc(S(=O)(=O)N(CCc2ccc(OC)c(OC)c2)C2CC(=O)N(c3ccc(C#N)cc3)C2=O)cc1. The van der Waals surface area contributed by atoms with Crippen molar-refractivity contribution in [2.45, 2.75) is 23.8 Å². The Hall–Kier alpha value is -4.40. The van der Waals surface area contributed by atoms with Gasteiger partial charge in [0.1, 0.15) is 11.8 Å². The molecule has 1 aliphatic rings. The molecule has 39 heavy (non-hydrogen) atoms. The van der Waals surface area contributed by atoms with Crippen molar-refractivity contribution in [3.8, 4) is 23.3 Å². The average molecular weight is 550 g/mol. The Morgan fingerprint density at radius 2 is 1.59 bits per heavy atom. The van der Waals surface area contributed by atoms with Crippen LogP contribution in [0.5, 0.6) is 17.2 Å². The highest BCUT2D eigenvalue weighted by Crippen LogP contribution is 2.32. The van der Waals surface area contributed by atoms with E-state index in [4.69, 9.17) is 19.5 Å². The summed E-state index contributed by atoms with van der Waals surface area (Å²) in [5.41, 5.74) is 1.39. The third-order valence-electron chi connectivity index (χ3n) is 6.46. The molecule has 3 aromatic rings. The molecular formula is C28H27N3O7S. The molecule has 1 saturated heterocycles. The van der Waals surface area contributed by atoms with Crippen LogP contribution >= 0.6 is 0 Å². The van der Waals surface area contributed by atoms with Crippen LogP contribution in [0.3, 0.4) is 0 Å². The van der Waals surface area contributed by atoms with Crippen LogP contribution in [-0.4, -0.2) is 58.5 Å². The summed E-state index contributed by atoms with van der Waals surface area (Å²) in [4.78, 5) is 27.5. The predicted molar refractivity (Wildman–Crippen MR) is 142 cm³/mol. The lowest BCUT2D eigenvalue weighted by molar-refractivity contribution is -0.122. The molecule has 0 aromatic heterocycles. The summed E-state index contributed by atoms with van der Waals surface area (Å²) in [5.74, 6) is 0.298. The number of ether oxygens (including phenoxy) is 3. The maximum absolute atomic E-state index is 13.9. The fraction of sp³-hybridized carbons (Fsp3) is 0.250. The molecule has 10 nitrogen and oxygen atoms in total. The lowest BCUT2D eigenvalue weighted by Crippen LogP contribution is -2.46. The van der Waals surface area contributed by atoms with E-state index in [9.17, 15) is 18.0 Å². The monoisotopic (exact) mass is 549 g/mol. The van der Waals surface area contributed by atoms with Crippen LogP contribution in [0.4, 0.5) is 5.69 Å². The zero-order valence-corrected chi connectivity index (χ0v) is 22.5. The summed E-state index contributed by atoms with van der Waals surface area (Å²) in [5, 5.41) is 9.07. The van der Waals surface area contributed by atoms with Gasteiger partial charge in [0.25, 0.3) is 5.91 Å². The molecule has 1 atom stereocenters. The van der Waals surface area contributed by atoms with E-state index in [1.165, 1.54) is 69.9 Å². The molecule has 4 rings (SSSR count). The number of nitrogens with zero attached hydrogens (tertiary/aromatic N) is 3. The van der Waals surface area contributed by atoms with E-state index >= 15 is 0 Å². The Morgan fingerprint density at radius 3 is 2.18 bits per heavy atom. The molecule has 0 N–H and O–H groups in total. The average Bonchev–Trinajstić information content (AvgIpc) is 3.25. The van der Waals surface area contributed by atoms with E-state index in [2.05, 4.69) is 0 Å². The number of rotatable bonds is 10. The lowest BCUT2D eigenvalue weighted by Gasteiger charge is -2.27. The number of imide groups is 1. The first-order valence-electron chi connectivity index (χ1n) is 12.0. The normalized spacial score (nSPS) is 15.4. The van der Waals surface area contributed by atoms with Gasteiger partial charge in [0.2, 0.25) is 15.9 Å². The Bertz CT molecular complexity index is 1510. The number of carbonyl (C=O) groups excluding carboxylic acids is 2. The largest absolute Gasteiger partial charge is 0.497 e. The quantitative estimate of drug-likeness (QED) is 0.353. The Balaban J connectivity index is 1.69. The summed E-state index contributed by atoms with van der Waals surface area (Å²) < 4.78 is 44.6. The van der Waals surface area contributed by atoms with Gasteiger partial charge < -0.3 is 14.2 Å². The molecule has 1 fully saturated rings. The first-order valence-corrected chi connectivity index (χ1v) is 13.4. The molecule has 0 spiro atoms. The molecular weight excluding hydrogens is 522 g/mol. The number of carbonyl (C=O) groups is 2. The van der Waals surface area contributed by atoms with Gasteiger partial charge in [0.15, 0.2) is 11.5 Å². The second kappa shape index (κ2) is 11.6. The van der Waals surface area contributed by atoms with E-state index in [0.29, 0.717) is 22.8 Å². The molecule has 1 heterocycles. The molecule has 0 aliphatic carbocycles. The van der Waals surface area contributed by atoms with Crippen molar-refractivity contribution in [1.82, 2.24) is 4.31 Å². The smallest absolute Gasteiger partial charge is 0.252 e. The molecule has 0 bridgehead atoms. The van der Waals surface area contributed by atoms with Crippen molar-refractivity contribution in [2.24, 2.45) is 0 Å². The molecule has 1 unspecified atom stereocenters. The van der Waals surface area contributed by atoms with Gasteiger partial charge in [0, 0.05) is 6.54 Å². The second-order valence-electron chi connectivity index (χ2n) is 8.68. The molecule has 3 aromatic carbocycles. The number of sulfonamides is 1. The highest BCUT2D eigenvalue weighted by atomic mass is 32.2.